The summed E-state index contributed by atoms with van der Waals surface area (Å²) in [6.45, 7) is 2.89. The highest BCUT2D eigenvalue weighted by Crippen LogP contribution is 2.30. The van der Waals surface area contributed by atoms with Gasteiger partial charge in [-0.15, -0.1) is 0 Å². The minimum Gasteiger partial charge on any atom is -0.497 e. The molecule has 0 bridgehead atoms. The number of benzene rings is 2. The molecule has 0 spiro atoms. The van der Waals surface area contributed by atoms with Gasteiger partial charge in [0.25, 0.3) is 0 Å². The summed E-state index contributed by atoms with van der Waals surface area (Å²) in [5, 5.41) is 3.04. The van der Waals surface area contributed by atoms with Crippen LogP contribution >= 0.6 is 0 Å². The van der Waals surface area contributed by atoms with Gasteiger partial charge in [-0.1, -0.05) is 24.3 Å². The van der Waals surface area contributed by atoms with Gasteiger partial charge in [0, 0.05) is 24.0 Å². The predicted molar refractivity (Wildman–Crippen MR) is 114 cm³/mol. The Morgan fingerprint density at radius 1 is 1.07 bits per heavy atom. The first-order valence-corrected chi connectivity index (χ1v) is 9.23. The van der Waals surface area contributed by atoms with E-state index in [0.29, 0.717) is 36.5 Å². The van der Waals surface area contributed by atoms with Crippen LogP contribution in [0.2, 0.25) is 0 Å². The lowest BCUT2D eigenvalue weighted by Gasteiger charge is -2.10. The molecule has 150 valence electrons. The molecule has 7 heteroatoms. The highest BCUT2D eigenvalue weighted by molar-refractivity contribution is 5.92. The summed E-state index contributed by atoms with van der Waals surface area (Å²) >= 11 is 0. The van der Waals surface area contributed by atoms with E-state index in [2.05, 4.69) is 15.3 Å². The van der Waals surface area contributed by atoms with Crippen molar-refractivity contribution in [1.82, 2.24) is 4.98 Å². The zero-order valence-corrected chi connectivity index (χ0v) is 16.5. The molecule has 0 fully saturated rings. The molecule has 0 saturated heterocycles. The van der Waals surface area contributed by atoms with Gasteiger partial charge >= 0.3 is 0 Å². The zero-order valence-electron chi connectivity index (χ0n) is 16.5. The Morgan fingerprint density at radius 2 is 1.90 bits per heavy atom. The lowest BCUT2D eigenvalue weighted by atomic mass is 10.3. The third kappa shape index (κ3) is 5.87. The minimum absolute atomic E-state index is 0.309. The fraction of sp³-hybridized carbons (Fsp3) is 0.182. The Balaban J connectivity index is 1.59. The van der Waals surface area contributed by atoms with Crippen molar-refractivity contribution < 1.29 is 14.2 Å². The van der Waals surface area contributed by atoms with Gasteiger partial charge in [0.05, 0.1) is 20.3 Å². The van der Waals surface area contributed by atoms with Crippen molar-refractivity contribution in [2.45, 2.75) is 13.5 Å². The quantitative estimate of drug-likeness (QED) is 0.441. The number of para-hydroxylation sites is 2. The van der Waals surface area contributed by atoms with Gasteiger partial charge in [-0.2, -0.15) is 0 Å². The first kappa shape index (κ1) is 20.0. The zero-order chi connectivity index (χ0) is 20.5. The number of nitrogens with one attached hydrogen (secondary N) is 1. The summed E-state index contributed by atoms with van der Waals surface area (Å²) in [5.41, 5.74) is 7.68. The van der Waals surface area contributed by atoms with E-state index in [4.69, 9.17) is 19.9 Å². The van der Waals surface area contributed by atoms with Crippen molar-refractivity contribution in [2.75, 3.05) is 19.0 Å². The van der Waals surface area contributed by atoms with Crippen LogP contribution in [0.3, 0.4) is 0 Å². The molecule has 0 aliphatic carbocycles. The second kappa shape index (κ2) is 9.98. The van der Waals surface area contributed by atoms with Gasteiger partial charge in [-0.05, 0) is 36.8 Å². The number of nitrogens with zero attached hydrogens (tertiary/aromatic N) is 2. The van der Waals surface area contributed by atoms with Crippen molar-refractivity contribution in [2.24, 2.45) is 10.7 Å². The van der Waals surface area contributed by atoms with Crippen molar-refractivity contribution in [3.8, 4) is 23.1 Å². The first-order chi connectivity index (χ1) is 14.2. The Labute approximate surface area is 170 Å². The normalized spacial score (nSPS) is 11.0. The van der Waals surface area contributed by atoms with Crippen LogP contribution < -0.4 is 25.3 Å². The number of aromatic nitrogens is 1. The third-order valence-corrected chi connectivity index (χ3v) is 3.94. The topological polar surface area (TPSA) is 91.0 Å². The number of rotatable bonds is 8. The molecule has 0 amide bonds. The molecule has 0 aliphatic heterocycles. The van der Waals surface area contributed by atoms with Crippen molar-refractivity contribution in [1.29, 1.82) is 0 Å². The van der Waals surface area contributed by atoms with Gasteiger partial charge in [-0.3, -0.25) is 0 Å². The van der Waals surface area contributed by atoms with Crippen LogP contribution in [0.15, 0.2) is 71.9 Å². The fourth-order valence-electron chi connectivity index (χ4n) is 2.55. The lowest BCUT2D eigenvalue weighted by Crippen LogP contribution is -2.22. The largest absolute Gasteiger partial charge is 0.497 e. The van der Waals surface area contributed by atoms with E-state index >= 15 is 0 Å². The maximum atomic E-state index is 5.96. The SMILES string of the molecule is CCOc1ccccc1Oc1ccc(CN=C(N)Nc2cccc(OC)c2)cn1. The third-order valence-electron chi connectivity index (χ3n) is 3.94. The Kier molecular flexibility index (Phi) is 6.89. The van der Waals surface area contributed by atoms with Crippen LogP contribution in [0.25, 0.3) is 0 Å². The number of ether oxygens (including phenoxy) is 3. The number of anilines is 1. The van der Waals surface area contributed by atoms with Gasteiger partial charge in [0.15, 0.2) is 17.5 Å². The van der Waals surface area contributed by atoms with Crippen LogP contribution in [-0.2, 0) is 6.54 Å². The van der Waals surface area contributed by atoms with Crippen LogP contribution in [0.5, 0.6) is 23.1 Å². The minimum atomic E-state index is 0.309. The average molecular weight is 392 g/mol. The van der Waals surface area contributed by atoms with Crippen molar-refractivity contribution in [3.05, 3.63) is 72.4 Å². The molecule has 0 aliphatic rings. The summed E-state index contributed by atoms with van der Waals surface area (Å²) < 4.78 is 16.6. The van der Waals surface area contributed by atoms with E-state index in [0.717, 1.165) is 17.0 Å². The first-order valence-electron chi connectivity index (χ1n) is 9.23. The van der Waals surface area contributed by atoms with Crippen LogP contribution in [0, 0.1) is 0 Å². The molecule has 1 aromatic heterocycles. The van der Waals surface area contributed by atoms with Crippen LogP contribution in [0.1, 0.15) is 12.5 Å². The lowest BCUT2D eigenvalue weighted by molar-refractivity contribution is 0.319. The second-order valence-electron chi connectivity index (χ2n) is 6.04. The number of guanidine groups is 1. The molecule has 29 heavy (non-hydrogen) atoms. The number of pyridine rings is 1. The molecule has 0 saturated carbocycles. The van der Waals surface area contributed by atoms with Gasteiger partial charge < -0.3 is 25.3 Å². The molecular weight excluding hydrogens is 368 g/mol. The Morgan fingerprint density at radius 3 is 2.62 bits per heavy atom. The standard InChI is InChI=1S/C22H24N4O3/c1-3-28-19-9-4-5-10-20(19)29-21-12-11-16(14-24-21)15-25-22(23)26-17-7-6-8-18(13-17)27-2/h4-14H,3,15H2,1-2H3,(H3,23,25,26). The predicted octanol–water partition coefficient (Wildman–Crippen LogP) is 4.21. The number of aliphatic imine (C=N–C) groups is 1. The summed E-state index contributed by atoms with van der Waals surface area (Å²) in [6.07, 6.45) is 1.71. The maximum Gasteiger partial charge on any atom is 0.219 e. The number of nitrogens with two attached hydrogens (primary N) is 1. The molecule has 7 nitrogen and oxygen atoms in total. The Hall–Kier alpha value is -3.74. The Bertz CT molecular complexity index is 958. The molecule has 3 N–H and O–H groups in total. The molecule has 3 aromatic rings. The second-order valence-corrected chi connectivity index (χ2v) is 6.04. The van der Waals surface area contributed by atoms with Crippen molar-refractivity contribution >= 4 is 11.6 Å². The number of hydrogen-bond donors (Lipinski definition) is 2. The van der Waals surface area contributed by atoms with Gasteiger partial charge in [-0.25, -0.2) is 9.98 Å². The molecule has 1 heterocycles. The van der Waals surface area contributed by atoms with Crippen LogP contribution in [-0.4, -0.2) is 24.7 Å². The summed E-state index contributed by atoms with van der Waals surface area (Å²) in [5.74, 6) is 2.84. The summed E-state index contributed by atoms with van der Waals surface area (Å²) in [6, 6.07) is 18.6. The molecule has 0 atom stereocenters. The van der Waals surface area contributed by atoms with E-state index in [-0.39, 0.29) is 0 Å². The van der Waals surface area contributed by atoms with Crippen molar-refractivity contribution in [3.63, 3.8) is 0 Å². The van der Waals surface area contributed by atoms with E-state index in [1.807, 2.05) is 61.5 Å². The smallest absolute Gasteiger partial charge is 0.219 e. The molecular formula is C22H24N4O3. The fourth-order valence-corrected chi connectivity index (χ4v) is 2.55. The average Bonchev–Trinajstić information content (AvgIpc) is 2.75. The highest BCUT2D eigenvalue weighted by atomic mass is 16.5. The molecule has 0 unspecified atom stereocenters. The summed E-state index contributed by atoms with van der Waals surface area (Å²) in [7, 11) is 1.62. The highest BCUT2D eigenvalue weighted by Gasteiger charge is 2.06. The maximum absolute atomic E-state index is 5.96. The molecule has 3 rings (SSSR count). The number of hydrogen-bond acceptors (Lipinski definition) is 5. The molecule has 0 radical (unpaired) electrons. The van der Waals surface area contributed by atoms with E-state index in [1.165, 1.54) is 0 Å². The number of methoxy groups -OCH3 is 1. The van der Waals surface area contributed by atoms with Gasteiger partial charge in [0.1, 0.15) is 5.75 Å². The summed E-state index contributed by atoms with van der Waals surface area (Å²) in [4.78, 5) is 8.67. The van der Waals surface area contributed by atoms with E-state index < -0.39 is 0 Å². The monoisotopic (exact) mass is 392 g/mol. The van der Waals surface area contributed by atoms with E-state index in [9.17, 15) is 0 Å². The van der Waals surface area contributed by atoms with Crippen LogP contribution in [0.4, 0.5) is 5.69 Å². The van der Waals surface area contributed by atoms with E-state index in [1.54, 1.807) is 19.4 Å². The van der Waals surface area contributed by atoms with Gasteiger partial charge in [0.2, 0.25) is 5.88 Å². The molecule has 2 aromatic carbocycles.